The van der Waals surface area contributed by atoms with Crippen molar-refractivity contribution in [1.82, 2.24) is 10.2 Å². The van der Waals surface area contributed by atoms with Gasteiger partial charge < -0.3 is 19.5 Å². The molecule has 1 aromatic carbocycles. The lowest BCUT2D eigenvalue weighted by Gasteiger charge is -2.32. The molecule has 2 heterocycles. The zero-order valence-corrected chi connectivity index (χ0v) is 14.4. The number of likely N-dealkylation sites (N-methyl/N-ethyl adjacent to an activating group) is 1. The maximum Gasteiger partial charge on any atom is 0.123 e. The first-order valence-corrected chi connectivity index (χ1v) is 8.60. The van der Waals surface area contributed by atoms with Crippen LogP contribution in [-0.2, 0) is 17.7 Å². The lowest BCUT2D eigenvalue weighted by Crippen LogP contribution is -2.46. The van der Waals surface area contributed by atoms with E-state index in [4.69, 9.17) is 14.2 Å². The first-order chi connectivity index (χ1) is 11.2. The van der Waals surface area contributed by atoms with Gasteiger partial charge in [-0.25, -0.2) is 0 Å². The molecule has 0 saturated carbocycles. The van der Waals surface area contributed by atoms with Crippen LogP contribution in [0.3, 0.4) is 0 Å². The Morgan fingerprint density at radius 2 is 2.26 bits per heavy atom. The van der Waals surface area contributed by atoms with E-state index in [0.717, 1.165) is 62.8 Å². The van der Waals surface area contributed by atoms with Crippen LogP contribution in [-0.4, -0.2) is 57.0 Å². The Balaban J connectivity index is 1.57. The second-order valence-corrected chi connectivity index (χ2v) is 6.42. The van der Waals surface area contributed by atoms with Gasteiger partial charge >= 0.3 is 0 Å². The highest BCUT2D eigenvalue weighted by Crippen LogP contribution is 2.34. The van der Waals surface area contributed by atoms with Crippen LogP contribution in [0.25, 0.3) is 0 Å². The van der Waals surface area contributed by atoms with Crippen LogP contribution in [0, 0.1) is 0 Å². The summed E-state index contributed by atoms with van der Waals surface area (Å²) in [7, 11) is 1.73. The molecule has 1 aromatic rings. The lowest BCUT2D eigenvalue weighted by molar-refractivity contribution is -0.0253. The van der Waals surface area contributed by atoms with Gasteiger partial charge in [0.15, 0.2) is 0 Å². The molecular weight excluding hydrogens is 292 g/mol. The summed E-state index contributed by atoms with van der Waals surface area (Å²) >= 11 is 0. The van der Waals surface area contributed by atoms with E-state index in [2.05, 4.69) is 36.2 Å². The van der Waals surface area contributed by atoms with E-state index in [0.29, 0.717) is 0 Å². The maximum atomic E-state index is 5.86. The third-order valence-electron chi connectivity index (χ3n) is 4.66. The zero-order valence-electron chi connectivity index (χ0n) is 14.4. The largest absolute Gasteiger partial charge is 0.496 e. The molecule has 0 bridgehead atoms. The number of ether oxygens (including phenoxy) is 3. The van der Waals surface area contributed by atoms with Gasteiger partial charge in [0.2, 0.25) is 0 Å². The SMILES string of the molecule is CCN1CCOC(CNCc2cc3c(cc2OC)CC(C)O3)C1. The molecule has 5 nitrogen and oxygen atoms in total. The van der Waals surface area contributed by atoms with Crippen molar-refractivity contribution in [3.63, 3.8) is 0 Å². The number of benzene rings is 1. The summed E-state index contributed by atoms with van der Waals surface area (Å²) in [4.78, 5) is 2.43. The Labute approximate surface area is 138 Å². The fourth-order valence-electron chi connectivity index (χ4n) is 3.37. The van der Waals surface area contributed by atoms with Gasteiger partial charge in [-0.1, -0.05) is 6.92 Å². The van der Waals surface area contributed by atoms with Crippen molar-refractivity contribution in [1.29, 1.82) is 0 Å². The van der Waals surface area contributed by atoms with E-state index in [9.17, 15) is 0 Å². The minimum absolute atomic E-state index is 0.258. The topological polar surface area (TPSA) is 43.0 Å². The van der Waals surface area contributed by atoms with Crippen LogP contribution in [0.2, 0.25) is 0 Å². The van der Waals surface area contributed by atoms with Gasteiger partial charge in [0.1, 0.15) is 17.6 Å². The van der Waals surface area contributed by atoms with E-state index in [1.807, 2.05) is 0 Å². The first kappa shape index (κ1) is 16.6. The number of nitrogens with zero attached hydrogens (tertiary/aromatic N) is 1. The average Bonchev–Trinajstić information content (AvgIpc) is 2.93. The van der Waals surface area contributed by atoms with Gasteiger partial charge in [-0.05, 0) is 25.6 Å². The van der Waals surface area contributed by atoms with Crippen molar-refractivity contribution in [2.24, 2.45) is 0 Å². The molecule has 2 unspecified atom stereocenters. The van der Waals surface area contributed by atoms with Crippen LogP contribution in [0.1, 0.15) is 25.0 Å². The summed E-state index contributed by atoms with van der Waals surface area (Å²) in [5, 5.41) is 3.51. The first-order valence-electron chi connectivity index (χ1n) is 8.60. The zero-order chi connectivity index (χ0) is 16.2. The molecule has 0 amide bonds. The molecule has 0 aliphatic carbocycles. The molecule has 0 aromatic heterocycles. The Morgan fingerprint density at radius 1 is 1.39 bits per heavy atom. The molecule has 0 spiro atoms. The molecule has 1 fully saturated rings. The number of nitrogens with one attached hydrogen (secondary N) is 1. The summed E-state index contributed by atoms with van der Waals surface area (Å²) in [6.07, 6.45) is 1.48. The van der Waals surface area contributed by atoms with Gasteiger partial charge in [-0.2, -0.15) is 0 Å². The minimum atomic E-state index is 0.258. The highest BCUT2D eigenvalue weighted by Gasteiger charge is 2.22. The van der Waals surface area contributed by atoms with E-state index in [1.54, 1.807) is 7.11 Å². The Morgan fingerprint density at radius 3 is 3.04 bits per heavy atom. The van der Waals surface area contributed by atoms with Crippen LogP contribution in [0.15, 0.2) is 12.1 Å². The highest BCUT2D eigenvalue weighted by molar-refractivity contribution is 5.48. The van der Waals surface area contributed by atoms with Gasteiger partial charge in [0.25, 0.3) is 0 Å². The van der Waals surface area contributed by atoms with E-state index >= 15 is 0 Å². The summed E-state index contributed by atoms with van der Waals surface area (Å²) < 4.78 is 17.2. The third-order valence-corrected chi connectivity index (χ3v) is 4.66. The molecule has 2 aliphatic rings. The predicted molar refractivity (Wildman–Crippen MR) is 90.3 cm³/mol. The van der Waals surface area contributed by atoms with Crippen LogP contribution in [0.5, 0.6) is 11.5 Å². The predicted octanol–water partition coefficient (Wildman–Crippen LogP) is 1.83. The smallest absolute Gasteiger partial charge is 0.123 e. The molecule has 23 heavy (non-hydrogen) atoms. The van der Waals surface area contributed by atoms with Crippen molar-refractivity contribution in [3.8, 4) is 11.5 Å². The molecule has 2 atom stereocenters. The van der Waals surface area contributed by atoms with Crippen molar-refractivity contribution in [3.05, 3.63) is 23.3 Å². The Kier molecular flexibility index (Phi) is 5.41. The minimum Gasteiger partial charge on any atom is -0.496 e. The van der Waals surface area contributed by atoms with Gasteiger partial charge in [-0.3, -0.25) is 4.90 Å². The molecule has 0 radical (unpaired) electrons. The molecule has 1 saturated heterocycles. The summed E-state index contributed by atoms with van der Waals surface area (Å²) in [6.45, 7) is 9.89. The quantitative estimate of drug-likeness (QED) is 0.866. The summed E-state index contributed by atoms with van der Waals surface area (Å²) in [5.74, 6) is 1.94. The average molecular weight is 320 g/mol. The third kappa shape index (κ3) is 3.97. The van der Waals surface area contributed by atoms with Crippen LogP contribution < -0.4 is 14.8 Å². The molecule has 128 valence electrons. The molecule has 5 heteroatoms. The molecule has 2 aliphatic heterocycles. The fourth-order valence-corrected chi connectivity index (χ4v) is 3.37. The van der Waals surface area contributed by atoms with Crippen LogP contribution in [0.4, 0.5) is 0 Å². The number of hydrogen-bond acceptors (Lipinski definition) is 5. The second-order valence-electron chi connectivity index (χ2n) is 6.42. The normalized spacial score (nSPS) is 24.3. The number of rotatable bonds is 6. The molecule has 3 rings (SSSR count). The number of fused-ring (bicyclic) bond motifs is 1. The van der Waals surface area contributed by atoms with E-state index < -0.39 is 0 Å². The van der Waals surface area contributed by atoms with Gasteiger partial charge in [0.05, 0.1) is 19.8 Å². The summed E-state index contributed by atoms with van der Waals surface area (Å²) in [6, 6.07) is 4.23. The number of methoxy groups -OCH3 is 1. The van der Waals surface area contributed by atoms with Crippen molar-refractivity contribution in [2.75, 3.05) is 39.9 Å². The molecular formula is C18H28N2O3. The number of hydrogen-bond donors (Lipinski definition) is 1. The Hall–Kier alpha value is -1.30. The lowest BCUT2D eigenvalue weighted by atomic mass is 10.1. The summed E-state index contributed by atoms with van der Waals surface area (Å²) in [5.41, 5.74) is 2.39. The van der Waals surface area contributed by atoms with Crippen molar-refractivity contribution >= 4 is 0 Å². The van der Waals surface area contributed by atoms with E-state index in [1.165, 1.54) is 5.56 Å². The second kappa shape index (κ2) is 7.51. The van der Waals surface area contributed by atoms with Crippen molar-refractivity contribution < 1.29 is 14.2 Å². The maximum absolute atomic E-state index is 5.86. The Bertz CT molecular complexity index is 535. The fraction of sp³-hybridized carbons (Fsp3) is 0.667. The van der Waals surface area contributed by atoms with Crippen LogP contribution >= 0.6 is 0 Å². The van der Waals surface area contributed by atoms with E-state index in [-0.39, 0.29) is 12.2 Å². The monoisotopic (exact) mass is 320 g/mol. The number of morpholine rings is 1. The van der Waals surface area contributed by atoms with Crippen molar-refractivity contribution in [2.45, 2.75) is 39.0 Å². The molecule has 1 N–H and O–H groups in total. The van der Waals surface area contributed by atoms with Gasteiger partial charge in [-0.15, -0.1) is 0 Å². The standard InChI is InChI=1S/C18H28N2O3/c1-4-20-5-6-22-16(12-20)11-19-10-15-9-18-14(7-13(2)23-18)8-17(15)21-3/h8-9,13,16,19H,4-7,10-12H2,1-3H3. The highest BCUT2D eigenvalue weighted by atomic mass is 16.5. The van der Waals surface area contributed by atoms with Gasteiger partial charge in [0, 0.05) is 43.7 Å².